The first kappa shape index (κ1) is 13.4. The molecule has 0 saturated heterocycles. The van der Waals surface area contributed by atoms with Crippen molar-refractivity contribution in [3.05, 3.63) is 42.2 Å². The van der Waals surface area contributed by atoms with Gasteiger partial charge in [-0.3, -0.25) is 0 Å². The van der Waals surface area contributed by atoms with E-state index >= 15 is 0 Å². The normalized spacial score (nSPS) is 11.4. The molecule has 0 atom stereocenters. The number of para-hydroxylation sites is 1. The van der Waals surface area contributed by atoms with Gasteiger partial charge in [-0.05, 0) is 38.1 Å². The molecule has 0 saturated carbocycles. The van der Waals surface area contributed by atoms with Crippen LogP contribution in [0.3, 0.4) is 0 Å². The van der Waals surface area contributed by atoms with E-state index in [0.717, 1.165) is 0 Å². The van der Waals surface area contributed by atoms with E-state index in [1.807, 2.05) is 13.8 Å². The summed E-state index contributed by atoms with van der Waals surface area (Å²) in [5.74, 6) is -0.260. The molecule has 0 radical (unpaired) electrons. The molecule has 108 valence electrons. The van der Waals surface area contributed by atoms with Crippen LogP contribution in [0, 0.1) is 5.82 Å². The van der Waals surface area contributed by atoms with Gasteiger partial charge >= 0.3 is 0 Å². The van der Waals surface area contributed by atoms with Crippen LogP contribution in [0.25, 0.3) is 22.4 Å². The molecule has 3 aromatic rings. The second kappa shape index (κ2) is 4.77. The first-order valence-electron chi connectivity index (χ1n) is 6.68. The van der Waals surface area contributed by atoms with E-state index < -0.39 is 5.82 Å². The van der Waals surface area contributed by atoms with Crippen LogP contribution in [0.5, 0.6) is 11.5 Å². The molecule has 0 amide bonds. The monoisotopic (exact) mass is 286 g/mol. The van der Waals surface area contributed by atoms with Crippen molar-refractivity contribution < 1.29 is 14.6 Å². The van der Waals surface area contributed by atoms with Gasteiger partial charge in [0.25, 0.3) is 0 Å². The summed E-state index contributed by atoms with van der Waals surface area (Å²) in [6, 6.07) is 9.19. The summed E-state index contributed by atoms with van der Waals surface area (Å²) < 4.78 is 15.8. The van der Waals surface area contributed by atoms with Gasteiger partial charge in [-0.1, -0.05) is 12.1 Å². The molecule has 2 N–H and O–H groups in total. The van der Waals surface area contributed by atoms with Gasteiger partial charge in [0.05, 0.1) is 5.52 Å². The van der Waals surface area contributed by atoms with Crippen molar-refractivity contribution in [3.8, 4) is 22.9 Å². The fraction of sp³-hybridized carbons (Fsp3) is 0.188. The molecule has 5 heteroatoms. The standard InChI is InChI=1S/C16H15FN2O2/c1-9(2)19-11-6-3-5-10(17)15(11)18-16(19)14-12(20)7-4-8-13(14)21/h3-9,20-21H,1-2H3. The molecule has 0 aliphatic rings. The molecule has 1 aromatic heterocycles. The Kier molecular flexibility index (Phi) is 3.05. The molecule has 0 aliphatic carbocycles. The van der Waals surface area contributed by atoms with Crippen LogP contribution < -0.4 is 0 Å². The molecule has 0 spiro atoms. The zero-order chi connectivity index (χ0) is 15.1. The SMILES string of the molecule is CC(C)n1c(-c2c(O)cccc2O)nc2c(F)cccc21. The van der Waals surface area contributed by atoms with E-state index in [1.54, 1.807) is 16.7 Å². The number of phenolic OH excluding ortho intramolecular Hbond substituents is 2. The van der Waals surface area contributed by atoms with Crippen LogP contribution in [0.15, 0.2) is 36.4 Å². The average Bonchev–Trinajstić information content (AvgIpc) is 2.79. The molecule has 0 bridgehead atoms. The smallest absolute Gasteiger partial charge is 0.151 e. The number of halogens is 1. The molecular weight excluding hydrogens is 271 g/mol. The van der Waals surface area contributed by atoms with E-state index in [1.165, 1.54) is 24.3 Å². The Hall–Kier alpha value is -2.56. The van der Waals surface area contributed by atoms with Crippen molar-refractivity contribution in [3.63, 3.8) is 0 Å². The van der Waals surface area contributed by atoms with Gasteiger partial charge in [-0.15, -0.1) is 0 Å². The Bertz CT molecular complexity index is 804. The Morgan fingerprint density at radius 1 is 1.05 bits per heavy atom. The summed E-state index contributed by atoms with van der Waals surface area (Å²) in [7, 11) is 0. The zero-order valence-corrected chi connectivity index (χ0v) is 11.7. The third kappa shape index (κ3) is 2.01. The highest BCUT2D eigenvalue weighted by Gasteiger charge is 2.21. The average molecular weight is 286 g/mol. The predicted molar refractivity (Wildman–Crippen MR) is 78.8 cm³/mol. The Balaban J connectivity index is 2.43. The minimum Gasteiger partial charge on any atom is -0.507 e. The van der Waals surface area contributed by atoms with Gasteiger partial charge in [0.1, 0.15) is 28.4 Å². The molecule has 3 rings (SSSR count). The maximum absolute atomic E-state index is 14.0. The van der Waals surface area contributed by atoms with Crippen LogP contribution in [0.4, 0.5) is 4.39 Å². The van der Waals surface area contributed by atoms with Gasteiger partial charge in [-0.25, -0.2) is 9.37 Å². The Morgan fingerprint density at radius 3 is 2.29 bits per heavy atom. The van der Waals surface area contributed by atoms with Crippen molar-refractivity contribution >= 4 is 11.0 Å². The van der Waals surface area contributed by atoms with Crippen molar-refractivity contribution in [2.45, 2.75) is 19.9 Å². The number of fused-ring (bicyclic) bond motifs is 1. The maximum Gasteiger partial charge on any atom is 0.151 e. The molecule has 0 aliphatic heterocycles. The molecule has 4 nitrogen and oxygen atoms in total. The van der Waals surface area contributed by atoms with Crippen molar-refractivity contribution in [1.82, 2.24) is 9.55 Å². The highest BCUT2D eigenvalue weighted by molar-refractivity contribution is 5.84. The first-order valence-corrected chi connectivity index (χ1v) is 6.68. The number of nitrogens with zero attached hydrogens (tertiary/aromatic N) is 2. The summed E-state index contributed by atoms with van der Waals surface area (Å²) in [6.07, 6.45) is 0. The van der Waals surface area contributed by atoms with Crippen LogP contribution in [0.2, 0.25) is 0 Å². The number of phenols is 2. The van der Waals surface area contributed by atoms with Crippen molar-refractivity contribution in [1.29, 1.82) is 0 Å². The lowest BCUT2D eigenvalue weighted by Gasteiger charge is -2.14. The summed E-state index contributed by atoms with van der Waals surface area (Å²) in [4.78, 5) is 4.29. The number of imidazole rings is 1. The van der Waals surface area contributed by atoms with Crippen LogP contribution >= 0.6 is 0 Å². The summed E-state index contributed by atoms with van der Waals surface area (Å²) in [5, 5.41) is 20.1. The molecule has 1 heterocycles. The van der Waals surface area contributed by atoms with Gasteiger partial charge in [0.2, 0.25) is 0 Å². The van der Waals surface area contributed by atoms with Gasteiger partial charge in [0, 0.05) is 6.04 Å². The Morgan fingerprint density at radius 2 is 1.67 bits per heavy atom. The fourth-order valence-electron chi connectivity index (χ4n) is 2.54. The number of aromatic nitrogens is 2. The summed E-state index contributed by atoms with van der Waals surface area (Å²) >= 11 is 0. The number of aromatic hydroxyl groups is 2. The molecule has 0 fully saturated rings. The minimum absolute atomic E-state index is 0.00851. The van der Waals surface area contributed by atoms with Gasteiger partial charge < -0.3 is 14.8 Å². The molecule has 21 heavy (non-hydrogen) atoms. The van der Waals surface area contributed by atoms with E-state index in [-0.39, 0.29) is 28.6 Å². The Labute approximate surface area is 121 Å². The van der Waals surface area contributed by atoms with E-state index in [4.69, 9.17) is 0 Å². The topological polar surface area (TPSA) is 58.3 Å². The van der Waals surface area contributed by atoms with E-state index in [0.29, 0.717) is 11.3 Å². The maximum atomic E-state index is 14.0. The van der Waals surface area contributed by atoms with Gasteiger partial charge in [0.15, 0.2) is 5.82 Å². The lowest BCUT2D eigenvalue weighted by Crippen LogP contribution is -2.03. The highest BCUT2D eigenvalue weighted by Crippen LogP contribution is 2.39. The van der Waals surface area contributed by atoms with E-state index in [9.17, 15) is 14.6 Å². The van der Waals surface area contributed by atoms with Crippen molar-refractivity contribution in [2.24, 2.45) is 0 Å². The fourth-order valence-corrected chi connectivity index (χ4v) is 2.54. The number of benzene rings is 2. The lowest BCUT2D eigenvalue weighted by atomic mass is 10.1. The lowest BCUT2D eigenvalue weighted by molar-refractivity contribution is 0.452. The number of hydrogen-bond acceptors (Lipinski definition) is 3. The largest absolute Gasteiger partial charge is 0.507 e. The molecule has 2 aromatic carbocycles. The zero-order valence-electron chi connectivity index (χ0n) is 11.7. The predicted octanol–water partition coefficient (Wildman–Crippen LogP) is 3.83. The quantitative estimate of drug-likeness (QED) is 0.752. The highest BCUT2D eigenvalue weighted by atomic mass is 19.1. The van der Waals surface area contributed by atoms with Gasteiger partial charge in [-0.2, -0.15) is 0 Å². The first-order chi connectivity index (χ1) is 10.0. The molecule has 0 unspecified atom stereocenters. The second-order valence-corrected chi connectivity index (χ2v) is 5.18. The summed E-state index contributed by atoms with van der Waals surface area (Å²) in [6.45, 7) is 3.87. The van der Waals surface area contributed by atoms with Crippen molar-refractivity contribution in [2.75, 3.05) is 0 Å². The third-order valence-corrected chi connectivity index (χ3v) is 3.43. The number of rotatable bonds is 2. The minimum atomic E-state index is -0.428. The van der Waals surface area contributed by atoms with Crippen LogP contribution in [-0.2, 0) is 0 Å². The molecular formula is C16H15FN2O2. The second-order valence-electron chi connectivity index (χ2n) is 5.18. The van der Waals surface area contributed by atoms with E-state index in [2.05, 4.69) is 4.98 Å². The third-order valence-electron chi connectivity index (χ3n) is 3.43. The van der Waals surface area contributed by atoms with Crippen LogP contribution in [-0.4, -0.2) is 19.8 Å². The van der Waals surface area contributed by atoms with Crippen LogP contribution in [0.1, 0.15) is 19.9 Å². The summed E-state index contributed by atoms with van der Waals surface area (Å²) in [5.41, 5.74) is 1.06. The number of hydrogen-bond donors (Lipinski definition) is 2.